The van der Waals surface area contributed by atoms with Gasteiger partial charge in [0.05, 0.1) is 12.1 Å². The van der Waals surface area contributed by atoms with Crippen LogP contribution in [0.3, 0.4) is 0 Å². The summed E-state index contributed by atoms with van der Waals surface area (Å²) < 4.78 is 0. The topological polar surface area (TPSA) is 74.2 Å². The molecule has 25 heavy (non-hydrogen) atoms. The van der Waals surface area contributed by atoms with E-state index in [9.17, 15) is 4.79 Å². The second-order valence-corrected chi connectivity index (χ2v) is 5.98. The maximum atomic E-state index is 12.0. The molecule has 1 aromatic heterocycles. The van der Waals surface area contributed by atoms with E-state index in [4.69, 9.17) is 5.11 Å². The molecule has 5 heteroatoms. The monoisotopic (exact) mass is 335 g/mol. The quantitative estimate of drug-likeness (QED) is 0.647. The van der Waals surface area contributed by atoms with E-state index in [1.165, 1.54) is 0 Å². The number of aliphatic hydroxyl groups is 1. The van der Waals surface area contributed by atoms with Crippen LogP contribution in [0, 0.1) is 0 Å². The van der Waals surface area contributed by atoms with Crippen molar-refractivity contribution in [2.24, 2.45) is 0 Å². The summed E-state index contributed by atoms with van der Waals surface area (Å²) in [6.45, 7) is 2.33. The number of rotatable bonds is 6. The summed E-state index contributed by atoms with van der Waals surface area (Å²) in [5.41, 5.74) is 3.61. The molecule has 5 nitrogen and oxygen atoms in total. The van der Waals surface area contributed by atoms with Gasteiger partial charge in [0.25, 0.3) is 5.91 Å². The number of pyridine rings is 1. The van der Waals surface area contributed by atoms with Crippen LogP contribution in [-0.4, -0.2) is 28.6 Å². The smallest absolute Gasteiger partial charge is 0.251 e. The summed E-state index contributed by atoms with van der Waals surface area (Å²) in [5.74, 6) is -0.189. The Labute approximate surface area is 146 Å². The molecule has 0 aliphatic rings. The summed E-state index contributed by atoms with van der Waals surface area (Å²) in [5, 5.41) is 16.2. The molecule has 3 N–H and O–H groups in total. The zero-order chi connectivity index (χ0) is 17.6. The number of fused-ring (bicyclic) bond motifs is 1. The van der Waals surface area contributed by atoms with E-state index in [1.807, 2.05) is 36.4 Å². The van der Waals surface area contributed by atoms with Gasteiger partial charge in [-0.1, -0.05) is 24.3 Å². The molecule has 2 aromatic carbocycles. The molecule has 0 aliphatic carbocycles. The molecule has 0 fully saturated rings. The highest BCUT2D eigenvalue weighted by molar-refractivity contribution is 5.94. The highest BCUT2D eigenvalue weighted by atomic mass is 16.3. The van der Waals surface area contributed by atoms with Gasteiger partial charge in [0.2, 0.25) is 0 Å². The highest BCUT2D eigenvalue weighted by Gasteiger charge is 2.08. The maximum absolute atomic E-state index is 12.0. The third-order valence-corrected chi connectivity index (χ3v) is 4.00. The van der Waals surface area contributed by atoms with Crippen LogP contribution in [0.15, 0.2) is 60.8 Å². The van der Waals surface area contributed by atoms with E-state index >= 15 is 0 Å². The number of hydrogen-bond donors (Lipinski definition) is 3. The Kier molecular flexibility index (Phi) is 5.26. The molecule has 0 radical (unpaired) electrons. The summed E-state index contributed by atoms with van der Waals surface area (Å²) in [7, 11) is 0. The molecule has 0 aliphatic heterocycles. The van der Waals surface area contributed by atoms with Crippen LogP contribution in [0.25, 0.3) is 10.9 Å². The Balaban J connectivity index is 1.66. The summed E-state index contributed by atoms with van der Waals surface area (Å²) in [6, 6.07) is 17.1. The molecule has 1 atom stereocenters. The van der Waals surface area contributed by atoms with Crippen molar-refractivity contribution in [1.82, 2.24) is 10.3 Å². The van der Waals surface area contributed by atoms with Crippen molar-refractivity contribution < 1.29 is 9.90 Å². The minimum Gasteiger partial charge on any atom is -0.394 e. The molecule has 0 spiro atoms. The fourth-order valence-electron chi connectivity index (χ4n) is 2.60. The zero-order valence-corrected chi connectivity index (χ0v) is 14.1. The van der Waals surface area contributed by atoms with Crippen LogP contribution in [0.1, 0.15) is 22.8 Å². The molecule has 1 heterocycles. The average molecular weight is 335 g/mol. The van der Waals surface area contributed by atoms with Crippen LogP contribution in [0.4, 0.5) is 5.69 Å². The molecule has 0 unspecified atom stereocenters. The van der Waals surface area contributed by atoms with Gasteiger partial charge in [0, 0.05) is 35.4 Å². The Hall–Kier alpha value is -2.92. The molecule has 128 valence electrons. The lowest BCUT2D eigenvalue weighted by molar-refractivity contribution is 0.0922. The van der Waals surface area contributed by atoms with Gasteiger partial charge < -0.3 is 15.7 Å². The van der Waals surface area contributed by atoms with Gasteiger partial charge in [0.1, 0.15) is 0 Å². The number of amides is 1. The summed E-state index contributed by atoms with van der Waals surface area (Å²) >= 11 is 0. The van der Waals surface area contributed by atoms with E-state index in [0.717, 1.165) is 22.2 Å². The van der Waals surface area contributed by atoms with Crippen molar-refractivity contribution in [2.75, 3.05) is 11.9 Å². The lowest BCUT2D eigenvalue weighted by Crippen LogP contribution is -2.34. The lowest BCUT2D eigenvalue weighted by atomic mass is 10.1. The van der Waals surface area contributed by atoms with Crippen LogP contribution < -0.4 is 10.6 Å². The number of aromatic nitrogens is 1. The van der Waals surface area contributed by atoms with Gasteiger partial charge in [-0.15, -0.1) is 0 Å². The molecular weight excluding hydrogens is 314 g/mol. The highest BCUT2D eigenvalue weighted by Crippen LogP contribution is 2.18. The normalized spacial score (nSPS) is 11.9. The average Bonchev–Trinajstić information content (AvgIpc) is 2.66. The van der Waals surface area contributed by atoms with Crippen LogP contribution in [0.5, 0.6) is 0 Å². The van der Waals surface area contributed by atoms with Crippen molar-refractivity contribution in [3.05, 3.63) is 71.9 Å². The van der Waals surface area contributed by atoms with E-state index < -0.39 is 0 Å². The van der Waals surface area contributed by atoms with E-state index in [-0.39, 0.29) is 18.6 Å². The van der Waals surface area contributed by atoms with Crippen molar-refractivity contribution in [3.8, 4) is 0 Å². The van der Waals surface area contributed by atoms with E-state index in [1.54, 1.807) is 25.3 Å². The second kappa shape index (κ2) is 7.77. The summed E-state index contributed by atoms with van der Waals surface area (Å²) in [4.78, 5) is 16.5. The van der Waals surface area contributed by atoms with Gasteiger partial charge in [-0.05, 0) is 42.8 Å². The number of aliphatic hydroxyl groups excluding tert-OH is 1. The zero-order valence-electron chi connectivity index (χ0n) is 14.1. The van der Waals surface area contributed by atoms with Crippen LogP contribution in [0.2, 0.25) is 0 Å². The first kappa shape index (κ1) is 16.9. The summed E-state index contributed by atoms with van der Waals surface area (Å²) in [6.07, 6.45) is 1.80. The number of hydrogen-bond acceptors (Lipinski definition) is 4. The van der Waals surface area contributed by atoms with Crippen LogP contribution in [-0.2, 0) is 6.54 Å². The predicted octanol–water partition coefficient (Wildman–Crippen LogP) is 2.96. The minimum absolute atomic E-state index is 0.0789. The van der Waals surface area contributed by atoms with Crippen molar-refractivity contribution >= 4 is 22.5 Å². The SMILES string of the molecule is C[C@H](CO)NC(=O)c1ccc(NCc2cccc3cccnc23)cc1. The molecule has 0 bridgehead atoms. The third-order valence-electron chi connectivity index (χ3n) is 4.00. The van der Waals surface area contributed by atoms with Crippen molar-refractivity contribution in [2.45, 2.75) is 19.5 Å². The fourth-order valence-corrected chi connectivity index (χ4v) is 2.60. The predicted molar refractivity (Wildman–Crippen MR) is 99.5 cm³/mol. The van der Waals surface area contributed by atoms with Gasteiger partial charge in [-0.25, -0.2) is 0 Å². The number of benzene rings is 2. The Bertz CT molecular complexity index is 857. The van der Waals surface area contributed by atoms with Crippen molar-refractivity contribution in [3.63, 3.8) is 0 Å². The van der Waals surface area contributed by atoms with Gasteiger partial charge in [-0.3, -0.25) is 9.78 Å². The standard InChI is InChI=1S/C20H21N3O2/c1-14(13-24)23-20(25)16-7-9-18(10-8-16)22-12-17-5-2-4-15-6-3-11-21-19(15)17/h2-11,14,22,24H,12-13H2,1H3,(H,23,25)/t14-/m1/s1. The largest absolute Gasteiger partial charge is 0.394 e. The third kappa shape index (κ3) is 4.14. The molecule has 1 amide bonds. The van der Waals surface area contributed by atoms with Crippen molar-refractivity contribution in [1.29, 1.82) is 0 Å². The number of anilines is 1. The first-order valence-corrected chi connectivity index (χ1v) is 8.25. The van der Waals surface area contributed by atoms with Gasteiger partial charge in [0.15, 0.2) is 0 Å². The second-order valence-electron chi connectivity index (χ2n) is 5.98. The number of para-hydroxylation sites is 1. The lowest BCUT2D eigenvalue weighted by Gasteiger charge is -2.12. The Morgan fingerprint density at radius 3 is 2.64 bits per heavy atom. The maximum Gasteiger partial charge on any atom is 0.251 e. The minimum atomic E-state index is -0.260. The first-order chi connectivity index (χ1) is 12.2. The molecule has 3 aromatic rings. The fraction of sp³-hybridized carbons (Fsp3) is 0.200. The van der Waals surface area contributed by atoms with Crippen LogP contribution >= 0.6 is 0 Å². The van der Waals surface area contributed by atoms with Gasteiger partial charge >= 0.3 is 0 Å². The van der Waals surface area contributed by atoms with E-state index in [0.29, 0.717) is 12.1 Å². The Morgan fingerprint density at radius 2 is 1.88 bits per heavy atom. The first-order valence-electron chi connectivity index (χ1n) is 8.25. The van der Waals surface area contributed by atoms with Gasteiger partial charge in [-0.2, -0.15) is 0 Å². The number of carbonyl (C=O) groups is 1. The molecule has 3 rings (SSSR count). The molecule has 0 saturated heterocycles. The number of nitrogens with zero attached hydrogens (tertiary/aromatic N) is 1. The number of carbonyl (C=O) groups excluding carboxylic acids is 1. The molecule has 0 saturated carbocycles. The van der Waals surface area contributed by atoms with E-state index in [2.05, 4.69) is 21.7 Å². The Morgan fingerprint density at radius 1 is 1.12 bits per heavy atom. The number of nitrogens with one attached hydrogen (secondary N) is 2. The molecular formula is C20H21N3O2.